The number of carbonyl (C=O) groups excluding carboxylic acids is 1. The van der Waals surface area contributed by atoms with Gasteiger partial charge in [0.05, 0.1) is 17.1 Å². The highest BCUT2D eigenvalue weighted by Crippen LogP contribution is 2.31. The molecule has 1 aliphatic heterocycles. The first-order valence-corrected chi connectivity index (χ1v) is 8.65. The van der Waals surface area contributed by atoms with Gasteiger partial charge in [0.2, 0.25) is 5.91 Å². The average molecular weight is 335 g/mol. The summed E-state index contributed by atoms with van der Waals surface area (Å²) in [6, 6.07) is 4.43. The van der Waals surface area contributed by atoms with E-state index in [0.717, 1.165) is 12.1 Å². The molecule has 0 aliphatic carbocycles. The van der Waals surface area contributed by atoms with Crippen molar-refractivity contribution >= 4 is 21.4 Å². The standard InChI is InChI=1S/C14H16F3NO3S/c15-14(16,17)11-2-1-3-12(9-11)18-13(19)8-10-4-6-22(20,21)7-5-10/h1-3,9-10H,4-8H2,(H,18,19). The van der Waals surface area contributed by atoms with Crippen molar-refractivity contribution in [3.8, 4) is 0 Å². The number of hydrogen-bond donors (Lipinski definition) is 1. The van der Waals surface area contributed by atoms with E-state index in [-0.39, 0.29) is 29.5 Å². The Morgan fingerprint density at radius 2 is 1.86 bits per heavy atom. The van der Waals surface area contributed by atoms with Crippen LogP contribution < -0.4 is 5.32 Å². The Morgan fingerprint density at radius 3 is 2.45 bits per heavy atom. The molecule has 1 amide bonds. The van der Waals surface area contributed by atoms with Crippen LogP contribution in [0.3, 0.4) is 0 Å². The number of carbonyl (C=O) groups is 1. The van der Waals surface area contributed by atoms with Crippen molar-refractivity contribution in [2.45, 2.75) is 25.4 Å². The zero-order valence-electron chi connectivity index (χ0n) is 11.7. The summed E-state index contributed by atoms with van der Waals surface area (Å²) in [5, 5.41) is 2.43. The lowest BCUT2D eigenvalue weighted by Gasteiger charge is -2.21. The second-order valence-electron chi connectivity index (χ2n) is 5.43. The molecule has 1 N–H and O–H groups in total. The van der Waals surface area contributed by atoms with Gasteiger partial charge in [-0.2, -0.15) is 13.2 Å². The first-order chi connectivity index (χ1) is 10.2. The molecule has 1 heterocycles. The van der Waals surface area contributed by atoms with Gasteiger partial charge in [0.25, 0.3) is 0 Å². The van der Waals surface area contributed by atoms with Crippen LogP contribution in [0.25, 0.3) is 0 Å². The quantitative estimate of drug-likeness (QED) is 0.924. The predicted octanol–water partition coefficient (Wildman–Crippen LogP) is 2.86. The van der Waals surface area contributed by atoms with Gasteiger partial charge < -0.3 is 5.32 Å². The van der Waals surface area contributed by atoms with Crippen LogP contribution in [0.5, 0.6) is 0 Å². The normalized spacial score (nSPS) is 18.9. The Morgan fingerprint density at radius 1 is 1.23 bits per heavy atom. The largest absolute Gasteiger partial charge is 0.416 e. The molecule has 0 atom stereocenters. The van der Waals surface area contributed by atoms with E-state index in [1.165, 1.54) is 12.1 Å². The molecule has 122 valence electrons. The molecule has 0 unspecified atom stereocenters. The third-order valence-corrected chi connectivity index (χ3v) is 5.34. The van der Waals surface area contributed by atoms with Gasteiger partial charge in [0, 0.05) is 12.1 Å². The number of hydrogen-bond acceptors (Lipinski definition) is 3. The number of rotatable bonds is 3. The van der Waals surface area contributed by atoms with Gasteiger partial charge in [-0.05, 0) is 37.0 Å². The van der Waals surface area contributed by atoms with Crippen molar-refractivity contribution in [2.24, 2.45) is 5.92 Å². The monoisotopic (exact) mass is 335 g/mol. The van der Waals surface area contributed by atoms with Crippen molar-refractivity contribution in [3.05, 3.63) is 29.8 Å². The Labute approximate surface area is 126 Å². The third kappa shape index (κ3) is 4.72. The SMILES string of the molecule is O=C(CC1CCS(=O)(=O)CC1)Nc1cccc(C(F)(F)F)c1. The predicted molar refractivity (Wildman–Crippen MR) is 76.1 cm³/mol. The summed E-state index contributed by atoms with van der Waals surface area (Å²) in [4.78, 5) is 11.9. The third-order valence-electron chi connectivity index (χ3n) is 3.62. The number of nitrogens with one attached hydrogen (secondary N) is 1. The Bertz CT molecular complexity index is 642. The smallest absolute Gasteiger partial charge is 0.326 e. The van der Waals surface area contributed by atoms with Gasteiger partial charge in [-0.3, -0.25) is 4.79 Å². The second kappa shape index (κ2) is 6.28. The molecule has 0 radical (unpaired) electrons. The van der Waals surface area contributed by atoms with Gasteiger partial charge in [-0.25, -0.2) is 8.42 Å². The molecule has 1 aromatic rings. The maximum Gasteiger partial charge on any atom is 0.416 e. The molecule has 0 saturated carbocycles. The maximum atomic E-state index is 12.6. The summed E-state index contributed by atoms with van der Waals surface area (Å²) in [6.07, 6.45) is -3.51. The molecule has 22 heavy (non-hydrogen) atoms. The molecule has 1 saturated heterocycles. The summed E-state index contributed by atoms with van der Waals surface area (Å²) in [6.45, 7) is 0. The van der Waals surface area contributed by atoms with E-state index < -0.39 is 27.5 Å². The van der Waals surface area contributed by atoms with E-state index >= 15 is 0 Å². The highest BCUT2D eigenvalue weighted by molar-refractivity contribution is 7.91. The van der Waals surface area contributed by atoms with Crippen LogP contribution in [0, 0.1) is 5.92 Å². The molecular weight excluding hydrogens is 319 g/mol. The topological polar surface area (TPSA) is 63.2 Å². The van der Waals surface area contributed by atoms with E-state index in [1.54, 1.807) is 0 Å². The highest BCUT2D eigenvalue weighted by atomic mass is 32.2. The van der Waals surface area contributed by atoms with Crippen molar-refractivity contribution in [3.63, 3.8) is 0 Å². The molecule has 1 aromatic carbocycles. The maximum absolute atomic E-state index is 12.6. The Balaban J connectivity index is 1.93. The summed E-state index contributed by atoms with van der Waals surface area (Å²) < 4.78 is 60.3. The van der Waals surface area contributed by atoms with Crippen molar-refractivity contribution < 1.29 is 26.4 Å². The van der Waals surface area contributed by atoms with E-state index in [9.17, 15) is 26.4 Å². The summed E-state index contributed by atoms with van der Waals surface area (Å²) in [5.41, 5.74) is -0.739. The molecule has 1 fully saturated rings. The van der Waals surface area contributed by atoms with Gasteiger partial charge >= 0.3 is 6.18 Å². The van der Waals surface area contributed by atoms with Crippen LogP contribution in [0.1, 0.15) is 24.8 Å². The fourth-order valence-corrected chi connectivity index (χ4v) is 3.98. The van der Waals surface area contributed by atoms with Gasteiger partial charge in [0.1, 0.15) is 9.84 Å². The lowest BCUT2D eigenvalue weighted by atomic mass is 9.98. The molecule has 1 aliphatic rings. The summed E-state index contributed by atoms with van der Waals surface area (Å²) >= 11 is 0. The number of anilines is 1. The first-order valence-electron chi connectivity index (χ1n) is 6.83. The summed E-state index contributed by atoms with van der Waals surface area (Å²) in [5.74, 6) is -0.318. The molecule has 8 heteroatoms. The number of benzene rings is 1. The summed E-state index contributed by atoms with van der Waals surface area (Å²) in [7, 11) is -2.99. The lowest BCUT2D eigenvalue weighted by molar-refractivity contribution is -0.137. The molecule has 4 nitrogen and oxygen atoms in total. The number of sulfone groups is 1. The van der Waals surface area contributed by atoms with Crippen LogP contribution in [0.2, 0.25) is 0 Å². The van der Waals surface area contributed by atoms with Crippen LogP contribution >= 0.6 is 0 Å². The Kier molecular flexibility index (Phi) is 4.79. The number of halogens is 3. The molecule has 0 spiro atoms. The van der Waals surface area contributed by atoms with E-state index in [0.29, 0.717) is 12.8 Å². The molecule has 2 rings (SSSR count). The minimum Gasteiger partial charge on any atom is -0.326 e. The van der Waals surface area contributed by atoms with Gasteiger partial charge in [-0.1, -0.05) is 6.07 Å². The fraction of sp³-hybridized carbons (Fsp3) is 0.500. The number of amides is 1. The molecule has 0 bridgehead atoms. The Hall–Kier alpha value is -1.57. The molecule has 0 aromatic heterocycles. The number of alkyl halides is 3. The van der Waals surface area contributed by atoms with Crippen LogP contribution in [-0.2, 0) is 20.8 Å². The van der Waals surface area contributed by atoms with Crippen LogP contribution in [0.15, 0.2) is 24.3 Å². The minimum atomic E-state index is -4.46. The average Bonchev–Trinajstić information content (AvgIpc) is 2.40. The van der Waals surface area contributed by atoms with Crippen LogP contribution in [0.4, 0.5) is 18.9 Å². The van der Waals surface area contributed by atoms with Crippen LogP contribution in [-0.4, -0.2) is 25.8 Å². The van der Waals surface area contributed by atoms with Gasteiger partial charge in [0.15, 0.2) is 0 Å². The van der Waals surface area contributed by atoms with Gasteiger partial charge in [-0.15, -0.1) is 0 Å². The zero-order valence-corrected chi connectivity index (χ0v) is 12.5. The van der Waals surface area contributed by atoms with E-state index in [4.69, 9.17) is 0 Å². The second-order valence-corrected chi connectivity index (χ2v) is 7.73. The highest BCUT2D eigenvalue weighted by Gasteiger charge is 2.30. The fourth-order valence-electron chi connectivity index (χ4n) is 2.39. The van der Waals surface area contributed by atoms with Crippen molar-refractivity contribution in [1.82, 2.24) is 0 Å². The minimum absolute atomic E-state index is 0.0469. The van der Waals surface area contributed by atoms with Crippen molar-refractivity contribution in [1.29, 1.82) is 0 Å². The first kappa shape index (κ1) is 16.8. The van der Waals surface area contributed by atoms with E-state index in [1.807, 2.05) is 0 Å². The zero-order chi connectivity index (χ0) is 16.4. The van der Waals surface area contributed by atoms with Crippen molar-refractivity contribution in [2.75, 3.05) is 16.8 Å². The molecular formula is C14H16F3NO3S. The van der Waals surface area contributed by atoms with E-state index in [2.05, 4.69) is 5.32 Å². The lowest BCUT2D eigenvalue weighted by Crippen LogP contribution is -2.26.